The molecular weight excluding hydrogens is 356 g/mol. The number of methoxy groups -OCH3 is 2. The summed E-state index contributed by atoms with van der Waals surface area (Å²) in [5.41, 5.74) is 5.58. The number of thiazole rings is 1. The van der Waals surface area contributed by atoms with E-state index in [2.05, 4.69) is 46.9 Å². The summed E-state index contributed by atoms with van der Waals surface area (Å²) in [5, 5.41) is 1.10. The first-order valence-electron chi connectivity index (χ1n) is 8.83. The van der Waals surface area contributed by atoms with Crippen molar-refractivity contribution in [3.05, 3.63) is 64.8 Å². The minimum Gasteiger partial charge on any atom is -0.496 e. The second kappa shape index (κ2) is 7.08. The Hall–Kier alpha value is -2.79. The van der Waals surface area contributed by atoms with E-state index >= 15 is 0 Å². The summed E-state index contributed by atoms with van der Waals surface area (Å²) in [6, 6.07) is 14.6. The maximum Gasteiger partial charge on any atom is 0.131 e. The normalized spacial score (nSPS) is 11.1. The number of hydrogen-bond acceptors (Lipinski definition) is 4. The Morgan fingerprint density at radius 3 is 2.44 bits per heavy atom. The van der Waals surface area contributed by atoms with Crippen molar-refractivity contribution in [3.8, 4) is 22.8 Å². The van der Waals surface area contributed by atoms with Gasteiger partial charge in [-0.15, -0.1) is 11.3 Å². The van der Waals surface area contributed by atoms with Crippen LogP contribution in [0.15, 0.2) is 48.7 Å². The van der Waals surface area contributed by atoms with E-state index in [1.54, 1.807) is 25.6 Å². The Morgan fingerprint density at radius 1 is 1.00 bits per heavy atom. The zero-order valence-electron chi connectivity index (χ0n) is 15.9. The van der Waals surface area contributed by atoms with Gasteiger partial charge in [0.05, 0.1) is 40.7 Å². The first kappa shape index (κ1) is 17.6. The van der Waals surface area contributed by atoms with Crippen molar-refractivity contribution in [1.82, 2.24) is 9.55 Å². The lowest BCUT2D eigenvalue weighted by Gasteiger charge is -2.16. The largest absolute Gasteiger partial charge is 0.496 e. The summed E-state index contributed by atoms with van der Waals surface area (Å²) in [7, 11) is 3.39. The maximum atomic E-state index is 5.62. The zero-order chi connectivity index (χ0) is 19.0. The fourth-order valence-electron chi connectivity index (χ4n) is 3.48. The number of nitrogens with zero attached hydrogens (tertiary/aromatic N) is 2. The van der Waals surface area contributed by atoms with Crippen molar-refractivity contribution in [2.45, 2.75) is 20.4 Å². The minimum atomic E-state index is 0.775. The van der Waals surface area contributed by atoms with Gasteiger partial charge in [-0.05, 0) is 55.3 Å². The van der Waals surface area contributed by atoms with Gasteiger partial charge in [-0.2, -0.15) is 0 Å². The van der Waals surface area contributed by atoms with Crippen molar-refractivity contribution in [2.24, 2.45) is 0 Å². The first-order valence-corrected chi connectivity index (χ1v) is 9.65. The average molecular weight is 378 g/mol. The Labute approximate surface area is 163 Å². The lowest BCUT2D eigenvalue weighted by Crippen LogP contribution is -2.02. The van der Waals surface area contributed by atoms with Crippen molar-refractivity contribution < 1.29 is 9.47 Å². The third kappa shape index (κ3) is 3.30. The van der Waals surface area contributed by atoms with Crippen molar-refractivity contribution >= 4 is 21.6 Å². The quantitative estimate of drug-likeness (QED) is 0.463. The van der Waals surface area contributed by atoms with Gasteiger partial charge in [-0.1, -0.05) is 12.1 Å². The van der Waals surface area contributed by atoms with Crippen molar-refractivity contribution in [3.63, 3.8) is 0 Å². The summed E-state index contributed by atoms with van der Waals surface area (Å²) in [5.74, 6) is 1.62. The van der Waals surface area contributed by atoms with Crippen LogP contribution >= 0.6 is 11.3 Å². The van der Waals surface area contributed by atoms with Crippen LogP contribution in [0.3, 0.4) is 0 Å². The molecule has 2 aromatic carbocycles. The lowest BCUT2D eigenvalue weighted by atomic mass is 10.1. The predicted molar refractivity (Wildman–Crippen MR) is 111 cm³/mol. The van der Waals surface area contributed by atoms with Crippen LogP contribution in [0, 0.1) is 13.8 Å². The molecule has 0 aliphatic carbocycles. The minimum absolute atomic E-state index is 0.775. The maximum absolute atomic E-state index is 5.62. The standard InChI is InChI=1S/C22H22N2O2S/c1-14-10-18(22-19(25-3)6-5-7-20(22)26-4)24(12-14)13-16-8-9-17-21(11-16)27-15(2)23-17/h5-12H,13H2,1-4H3. The SMILES string of the molecule is COc1cccc(OC)c1-c1cc(C)cn1Cc1ccc2nc(C)sc2c1. The number of hydrogen-bond donors (Lipinski definition) is 0. The Bertz CT molecular complexity index is 1090. The van der Waals surface area contributed by atoms with E-state index in [4.69, 9.17) is 9.47 Å². The molecule has 138 valence electrons. The molecule has 0 aliphatic rings. The van der Waals surface area contributed by atoms with E-state index in [1.807, 2.05) is 25.1 Å². The summed E-state index contributed by atoms with van der Waals surface area (Å²) < 4.78 is 14.7. The first-order chi connectivity index (χ1) is 13.1. The number of aryl methyl sites for hydroxylation is 2. The average Bonchev–Trinajstić information content (AvgIpc) is 3.21. The van der Waals surface area contributed by atoms with Crippen LogP contribution < -0.4 is 9.47 Å². The van der Waals surface area contributed by atoms with E-state index in [-0.39, 0.29) is 0 Å². The molecule has 0 unspecified atom stereocenters. The zero-order valence-corrected chi connectivity index (χ0v) is 16.8. The van der Waals surface area contributed by atoms with Gasteiger partial charge in [-0.25, -0.2) is 4.98 Å². The molecule has 0 saturated heterocycles. The molecule has 0 spiro atoms. The van der Waals surface area contributed by atoms with Gasteiger partial charge in [0.25, 0.3) is 0 Å². The van der Waals surface area contributed by atoms with E-state index in [1.165, 1.54) is 15.8 Å². The van der Waals surface area contributed by atoms with Gasteiger partial charge < -0.3 is 14.0 Å². The van der Waals surface area contributed by atoms with Crippen molar-refractivity contribution in [1.29, 1.82) is 0 Å². The highest BCUT2D eigenvalue weighted by molar-refractivity contribution is 7.18. The third-order valence-electron chi connectivity index (χ3n) is 4.63. The number of aromatic nitrogens is 2. The highest BCUT2D eigenvalue weighted by atomic mass is 32.1. The highest BCUT2D eigenvalue weighted by Gasteiger charge is 2.17. The van der Waals surface area contributed by atoms with E-state index in [0.29, 0.717) is 0 Å². The summed E-state index contributed by atoms with van der Waals surface area (Å²) in [6.45, 7) is 4.93. The molecular formula is C22H22N2O2S. The highest BCUT2D eigenvalue weighted by Crippen LogP contribution is 2.39. The number of benzene rings is 2. The smallest absolute Gasteiger partial charge is 0.131 e. The molecule has 2 aromatic heterocycles. The van der Waals surface area contributed by atoms with Gasteiger partial charge in [0.1, 0.15) is 11.5 Å². The molecule has 0 atom stereocenters. The molecule has 0 radical (unpaired) electrons. The second-order valence-corrected chi connectivity index (χ2v) is 7.84. The van der Waals surface area contributed by atoms with Gasteiger partial charge >= 0.3 is 0 Å². The van der Waals surface area contributed by atoms with Crippen LogP contribution in [0.2, 0.25) is 0 Å². The van der Waals surface area contributed by atoms with Gasteiger partial charge in [-0.3, -0.25) is 0 Å². The molecule has 0 fully saturated rings. The number of ether oxygens (including phenoxy) is 2. The fourth-order valence-corrected chi connectivity index (χ4v) is 4.37. The van der Waals surface area contributed by atoms with Gasteiger partial charge in [0, 0.05) is 12.7 Å². The second-order valence-electron chi connectivity index (χ2n) is 6.60. The molecule has 4 aromatic rings. The monoisotopic (exact) mass is 378 g/mol. The fraction of sp³-hybridized carbons (Fsp3) is 0.227. The van der Waals surface area contributed by atoms with Crippen LogP contribution in [0.1, 0.15) is 16.1 Å². The molecule has 0 amide bonds. The van der Waals surface area contributed by atoms with Crippen LogP contribution in [0.5, 0.6) is 11.5 Å². The van der Waals surface area contributed by atoms with E-state index < -0.39 is 0 Å². The van der Waals surface area contributed by atoms with E-state index in [9.17, 15) is 0 Å². The van der Waals surface area contributed by atoms with Crippen molar-refractivity contribution in [2.75, 3.05) is 14.2 Å². The summed E-state index contributed by atoms with van der Waals surface area (Å²) in [6.07, 6.45) is 2.17. The number of fused-ring (bicyclic) bond motifs is 1. The molecule has 4 nitrogen and oxygen atoms in total. The van der Waals surface area contributed by atoms with E-state index in [0.717, 1.165) is 39.8 Å². The predicted octanol–water partition coefficient (Wildman–Crippen LogP) is 5.45. The Morgan fingerprint density at radius 2 is 1.74 bits per heavy atom. The Balaban J connectivity index is 1.79. The van der Waals surface area contributed by atoms with Crippen LogP contribution in [-0.2, 0) is 6.54 Å². The molecule has 0 N–H and O–H groups in total. The molecule has 2 heterocycles. The molecule has 0 saturated carbocycles. The third-order valence-corrected chi connectivity index (χ3v) is 5.56. The molecule has 4 rings (SSSR count). The molecule has 0 aliphatic heterocycles. The Kier molecular flexibility index (Phi) is 4.62. The lowest BCUT2D eigenvalue weighted by molar-refractivity contribution is 0.397. The number of rotatable bonds is 5. The van der Waals surface area contributed by atoms with Crippen LogP contribution in [0.25, 0.3) is 21.5 Å². The molecule has 5 heteroatoms. The molecule has 27 heavy (non-hydrogen) atoms. The van der Waals surface area contributed by atoms with Crippen LogP contribution in [0.4, 0.5) is 0 Å². The summed E-state index contributed by atoms with van der Waals surface area (Å²) in [4.78, 5) is 4.55. The topological polar surface area (TPSA) is 36.3 Å². The molecule has 0 bridgehead atoms. The van der Waals surface area contributed by atoms with Gasteiger partial charge in [0.15, 0.2) is 0 Å². The summed E-state index contributed by atoms with van der Waals surface area (Å²) >= 11 is 1.73. The van der Waals surface area contributed by atoms with Crippen LogP contribution in [-0.4, -0.2) is 23.8 Å². The van der Waals surface area contributed by atoms with Gasteiger partial charge in [0.2, 0.25) is 0 Å².